The van der Waals surface area contributed by atoms with E-state index in [1.165, 1.54) is 49.9 Å². The van der Waals surface area contributed by atoms with E-state index in [0.29, 0.717) is 0 Å². The molecule has 15 rings (SSSR count). The van der Waals surface area contributed by atoms with Crippen LogP contribution in [0.15, 0.2) is 249 Å². The molecule has 2 aliphatic carbocycles. The Morgan fingerprint density at radius 1 is 0.275 bits per heavy atom. The van der Waals surface area contributed by atoms with Crippen LogP contribution < -0.4 is 14.4 Å². The second-order valence-electron chi connectivity index (χ2n) is 18.6. The van der Waals surface area contributed by atoms with Crippen molar-refractivity contribution in [2.45, 2.75) is 10.8 Å². The first-order valence-corrected chi connectivity index (χ1v) is 23.8. The molecule has 2 aliphatic heterocycles. The fourth-order valence-electron chi connectivity index (χ4n) is 12.8. The van der Waals surface area contributed by atoms with E-state index in [1.54, 1.807) is 0 Å². The van der Waals surface area contributed by atoms with Crippen molar-refractivity contribution in [3.05, 3.63) is 293 Å². The predicted molar refractivity (Wildman–Crippen MR) is 279 cm³/mol. The molecular weight excluding hydrogens is 839 g/mol. The number of para-hydroxylation sites is 5. The number of benzene rings is 11. The number of hydrogen-bond acceptors (Lipinski definition) is 3. The summed E-state index contributed by atoms with van der Waals surface area (Å²) in [6, 6.07) is 91.0. The van der Waals surface area contributed by atoms with E-state index in [1.807, 2.05) is 0 Å². The van der Waals surface area contributed by atoms with E-state index >= 15 is 0 Å². The topological polar surface area (TPSA) is 21.7 Å². The second kappa shape index (κ2) is 14.3. The number of rotatable bonds is 4. The highest BCUT2D eigenvalue weighted by Crippen LogP contribution is 2.65. The van der Waals surface area contributed by atoms with Gasteiger partial charge >= 0.3 is 0 Å². The van der Waals surface area contributed by atoms with Gasteiger partial charge in [0.05, 0.1) is 22.2 Å². The van der Waals surface area contributed by atoms with Crippen LogP contribution in [0.3, 0.4) is 0 Å². The van der Waals surface area contributed by atoms with Crippen molar-refractivity contribution >= 4 is 27.8 Å². The number of nitrogens with zero attached hydrogens (tertiary/aromatic N) is 1. The maximum atomic E-state index is 6.77. The molecule has 11 aromatic carbocycles. The van der Waals surface area contributed by atoms with Crippen LogP contribution in [0.5, 0.6) is 23.0 Å². The second-order valence-corrected chi connectivity index (χ2v) is 18.6. The summed E-state index contributed by atoms with van der Waals surface area (Å²) in [5, 5.41) is 2.36. The van der Waals surface area contributed by atoms with Crippen molar-refractivity contribution in [1.29, 1.82) is 0 Å². The van der Waals surface area contributed by atoms with E-state index in [-0.39, 0.29) is 0 Å². The summed E-state index contributed by atoms with van der Waals surface area (Å²) in [6.07, 6.45) is 0. The minimum atomic E-state index is -0.627. The average molecular weight is 880 g/mol. The Labute approximate surface area is 400 Å². The highest BCUT2D eigenvalue weighted by Gasteiger charge is 2.53. The first-order chi connectivity index (χ1) is 34.2. The van der Waals surface area contributed by atoms with Gasteiger partial charge in [0, 0.05) is 38.9 Å². The summed E-state index contributed by atoms with van der Waals surface area (Å²) in [5.74, 6) is 3.53. The highest BCUT2D eigenvalue weighted by molar-refractivity contribution is 6.08. The molecule has 0 N–H and O–H groups in total. The van der Waals surface area contributed by atoms with Gasteiger partial charge in [-0.05, 0) is 104 Å². The molecule has 0 atom stereocenters. The Morgan fingerprint density at radius 3 is 1.35 bits per heavy atom. The SMILES string of the molecule is c1ccc(-c2ccccc2N(c2ccc3c(c2)C2(c4ccccc4Oc4ccccc42)c2ccccc2-3)c2cccc3c4c(ccc23)-c2ccccc2C42c3ccccc3Oc3ccccc32)cc1. The molecule has 69 heavy (non-hydrogen) atoms. The van der Waals surface area contributed by atoms with E-state index in [0.717, 1.165) is 78.8 Å². The fraction of sp³-hybridized carbons (Fsp3) is 0.0303. The number of ether oxygens (including phenoxy) is 2. The van der Waals surface area contributed by atoms with Crippen molar-refractivity contribution in [1.82, 2.24) is 0 Å². The van der Waals surface area contributed by atoms with Crippen LogP contribution in [0.4, 0.5) is 17.1 Å². The Morgan fingerprint density at radius 2 is 0.725 bits per heavy atom. The lowest BCUT2D eigenvalue weighted by Crippen LogP contribution is -2.32. The molecular formula is C66H41NO2. The first-order valence-electron chi connectivity index (χ1n) is 23.8. The summed E-state index contributed by atoms with van der Waals surface area (Å²) in [6.45, 7) is 0. The number of fused-ring (bicyclic) bond motifs is 20. The number of hydrogen-bond donors (Lipinski definition) is 0. The smallest absolute Gasteiger partial charge is 0.132 e. The fourth-order valence-corrected chi connectivity index (χ4v) is 12.8. The lowest BCUT2D eigenvalue weighted by atomic mass is 9.65. The molecule has 0 amide bonds. The Hall–Kier alpha value is -8.92. The molecule has 0 unspecified atom stereocenters. The minimum absolute atomic E-state index is 0.625. The molecule has 0 radical (unpaired) electrons. The third-order valence-electron chi connectivity index (χ3n) is 15.4. The molecule has 3 heteroatoms. The van der Waals surface area contributed by atoms with Crippen LogP contribution in [0.2, 0.25) is 0 Å². The van der Waals surface area contributed by atoms with Gasteiger partial charge in [-0.15, -0.1) is 0 Å². The Balaban J connectivity index is 1.05. The first kappa shape index (κ1) is 38.2. The maximum absolute atomic E-state index is 6.77. The molecule has 3 nitrogen and oxygen atoms in total. The minimum Gasteiger partial charge on any atom is -0.457 e. The lowest BCUT2D eigenvalue weighted by Gasteiger charge is -2.40. The van der Waals surface area contributed by atoms with Crippen molar-refractivity contribution in [3.63, 3.8) is 0 Å². The van der Waals surface area contributed by atoms with Crippen LogP contribution in [-0.4, -0.2) is 0 Å². The summed E-state index contributed by atoms with van der Waals surface area (Å²) < 4.78 is 13.5. The zero-order chi connectivity index (χ0) is 45.3. The molecule has 0 bridgehead atoms. The number of anilines is 3. The standard InChI is InChI=1S/C66H41NO2/c1-2-19-42(20-3-1)44-21-6-13-31-58(44)67(43-37-38-47-45-22-4-7-25-51(45)65(57(47)41-43)53-27-9-14-33-60(53)68-61-34-15-10-28-54(61)65)59-32-18-24-49-48(59)39-40-50-46-23-5-8-26-52(46)66(64(49)50)55-29-11-16-35-62(55)69-63-36-17-12-30-56(63)66/h1-41H. The van der Waals surface area contributed by atoms with Crippen molar-refractivity contribution in [2.24, 2.45) is 0 Å². The third kappa shape index (κ3) is 5.01. The van der Waals surface area contributed by atoms with Crippen LogP contribution in [0.25, 0.3) is 44.2 Å². The molecule has 0 saturated heterocycles. The van der Waals surface area contributed by atoms with Crippen LogP contribution in [0.1, 0.15) is 44.5 Å². The monoisotopic (exact) mass is 879 g/mol. The van der Waals surface area contributed by atoms with Gasteiger partial charge in [0.25, 0.3) is 0 Å². The van der Waals surface area contributed by atoms with Crippen molar-refractivity contribution < 1.29 is 9.47 Å². The molecule has 11 aromatic rings. The predicted octanol–water partition coefficient (Wildman–Crippen LogP) is 16.9. The maximum Gasteiger partial charge on any atom is 0.132 e. The van der Waals surface area contributed by atoms with Gasteiger partial charge in [0.15, 0.2) is 0 Å². The van der Waals surface area contributed by atoms with Gasteiger partial charge in [0.2, 0.25) is 0 Å². The summed E-state index contributed by atoms with van der Waals surface area (Å²) in [5.41, 5.74) is 18.9. The van der Waals surface area contributed by atoms with E-state index in [4.69, 9.17) is 9.47 Å². The van der Waals surface area contributed by atoms with Crippen LogP contribution in [0, 0.1) is 0 Å². The van der Waals surface area contributed by atoms with Crippen molar-refractivity contribution in [2.75, 3.05) is 4.90 Å². The molecule has 0 saturated carbocycles. The normalized spacial score (nSPS) is 14.3. The van der Waals surface area contributed by atoms with Crippen LogP contribution >= 0.6 is 0 Å². The van der Waals surface area contributed by atoms with Crippen LogP contribution in [-0.2, 0) is 10.8 Å². The molecule has 0 fully saturated rings. The zero-order valence-corrected chi connectivity index (χ0v) is 37.4. The molecule has 0 aromatic heterocycles. The molecule has 4 aliphatic rings. The average Bonchev–Trinajstić information content (AvgIpc) is 3.87. The van der Waals surface area contributed by atoms with Gasteiger partial charge in [-0.3, -0.25) is 0 Å². The lowest BCUT2D eigenvalue weighted by molar-refractivity contribution is 0.436. The van der Waals surface area contributed by atoms with E-state index in [2.05, 4.69) is 254 Å². The summed E-state index contributed by atoms with van der Waals surface area (Å²) in [4.78, 5) is 2.52. The summed E-state index contributed by atoms with van der Waals surface area (Å²) in [7, 11) is 0. The quantitative estimate of drug-likeness (QED) is 0.176. The Bertz CT molecular complexity index is 3850. The highest BCUT2D eigenvalue weighted by atomic mass is 16.5. The zero-order valence-electron chi connectivity index (χ0n) is 37.4. The molecule has 2 heterocycles. The largest absolute Gasteiger partial charge is 0.457 e. The van der Waals surface area contributed by atoms with Crippen molar-refractivity contribution in [3.8, 4) is 56.4 Å². The summed E-state index contributed by atoms with van der Waals surface area (Å²) >= 11 is 0. The van der Waals surface area contributed by atoms with Gasteiger partial charge in [0.1, 0.15) is 23.0 Å². The Kier molecular flexibility index (Phi) is 7.92. The molecule has 2 spiro atoms. The van der Waals surface area contributed by atoms with E-state index < -0.39 is 10.8 Å². The molecule has 322 valence electrons. The van der Waals surface area contributed by atoms with Gasteiger partial charge in [-0.1, -0.05) is 200 Å². The van der Waals surface area contributed by atoms with Gasteiger partial charge in [-0.2, -0.15) is 0 Å². The van der Waals surface area contributed by atoms with E-state index in [9.17, 15) is 0 Å². The third-order valence-corrected chi connectivity index (χ3v) is 15.4. The van der Waals surface area contributed by atoms with Gasteiger partial charge in [-0.25, -0.2) is 0 Å². The van der Waals surface area contributed by atoms with Gasteiger partial charge < -0.3 is 14.4 Å².